The number of aliphatic hydroxyl groups excluding tert-OH is 3. The van der Waals surface area contributed by atoms with Gasteiger partial charge in [-0.2, -0.15) is 5.10 Å². The molecule has 30 heavy (non-hydrogen) atoms. The maximum atomic E-state index is 12.5. The second-order valence-corrected chi connectivity index (χ2v) is 6.37. The summed E-state index contributed by atoms with van der Waals surface area (Å²) in [6, 6.07) is 11.4. The quantitative estimate of drug-likeness (QED) is 0.315. The molecule has 2 aromatic carbocycles. The molecule has 1 heterocycles. The molecule has 3 unspecified atom stereocenters. The summed E-state index contributed by atoms with van der Waals surface area (Å²) in [7, 11) is 1.49. The van der Waals surface area contributed by atoms with Crippen LogP contribution in [0.15, 0.2) is 63.6 Å². The van der Waals surface area contributed by atoms with Crippen molar-refractivity contribution in [3.05, 3.63) is 64.8 Å². The summed E-state index contributed by atoms with van der Waals surface area (Å²) in [4.78, 5) is 33.0. The lowest BCUT2D eigenvalue weighted by Crippen LogP contribution is -2.49. The molecule has 1 aliphatic rings. The van der Waals surface area contributed by atoms with Crippen LogP contribution in [0.5, 0.6) is 5.75 Å². The van der Waals surface area contributed by atoms with E-state index >= 15 is 0 Å². The van der Waals surface area contributed by atoms with Crippen LogP contribution in [0.3, 0.4) is 0 Å². The zero-order valence-corrected chi connectivity index (χ0v) is 16.0. The van der Waals surface area contributed by atoms with Crippen LogP contribution in [-0.4, -0.2) is 64.8 Å². The fourth-order valence-corrected chi connectivity index (χ4v) is 2.74. The number of benzene rings is 2. The van der Waals surface area contributed by atoms with Crippen LogP contribution >= 0.6 is 0 Å². The summed E-state index contributed by atoms with van der Waals surface area (Å²) in [6.45, 7) is -0.790. The number of hydrogen-bond acceptors (Lipinski definition) is 8. The number of carbonyl (C=O) groups excluding carboxylic acids is 2. The van der Waals surface area contributed by atoms with Gasteiger partial charge in [-0.1, -0.05) is 12.1 Å². The molecule has 3 atom stereocenters. The number of aliphatic hydroxyl groups is 3. The minimum Gasteiger partial charge on any atom is -0.497 e. The largest absolute Gasteiger partial charge is 0.497 e. The van der Waals surface area contributed by atoms with Crippen LogP contribution in [0.4, 0.5) is 0 Å². The predicted octanol–water partition coefficient (Wildman–Crippen LogP) is -1.66. The van der Waals surface area contributed by atoms with Crippen LogP contribution in [-0.2, 0) is 4.79 Å². The smallest absolute Gasteiger partial charge is 0.277 e. The van der Waals surface area contributed by atoms with Crippen molar-refractivity contribution >= 4 is 17.5 Å². The second-order valence-electron chi connectivity index (χ2n) is 6.37. The van der Waals surface area contributed by atoms with E-state index in [0.29, 0.717) is 16.5 Å². The van der Waals surface area contributed by atoms with E-state index in [-0.39, 0.29) is 11.3 Å². The number of carbonyl (C=O) groups is 2. The lowest BCUT2D eigenvalue weighted by molar-refractivity contribution is -0.118. The molecule has 2 amide bonds. The molecule has 2 aromatic rings. The highest BCUT2D eigenvalue weighted by molar-refractivity contribution is 6.11. The Morgan fingerprint density at radius 1 is 1.17 bits per heavy atom. The number of nitrogens with zero attached hydrogens (tertiary/aromatic N) is 3. The Morgan fingerprint density at radius 2 is 1.83 bits per heavy atom. The van der Waals surface area contributed by atoms with Crippen molar-refractivity contribution in [2.45, 2.75) is 18.2 Å². The molecule has 1 aliphatic heterocycles. The van der Waals surface area contributed by atoms with Crippen molar-refractivity contribution in [2.75, 3.05) is 13.7 Å². The van der Waals surface area contributed by atoms with Crippen LogP contribution in [0.25, 0.3) is 0 Å². The van der Waals surface area contributed by atoms with Crippen LogP contribution < -0.4 is 20.9 Å². The standard InChI is InChI=1S/C20H20N4O6/c1-30-12-8-6-11(7-9-12)19(28)24-23-16(18(27)15(26)10-25)17-20(29)22-14-5-3-2-4-13(14)21-17/h2-9,15,17-18,25-27H,10H2,1H3,(H,24,28)/b23-16+. The first-order valence-electron chi connectivity index (χ1n) is 8.99. The first-order chi connectivity index (χ1) is 14.4. The lowest BCUT2D eigenvalue weighted by Gasteiger charge is -2.22. The Morgan fingerprint density at radius 3 is 2.47 bits per heavy atom. The summed E-state index contributed by atoms with van der Waals surface area (Å²) < 4.78 is 5.03. The van der Waals surface area contributed by atoms with E-state index in [9.17, 15) is 24.9 Å². The van der Waals surface area contributed by atoms with Crippen molar-refractivity contribution < 1.29 is 29.6 Å². The van der Waals surface area contributed by atoms with Gasteiger partial charge in [-0.25, -0.2) is 10.4 Å². The van der Waals surface area contributed by atoms with Crippen molar-refractivity contribution in [1.29, 1.82) is 0 Å². The molecule has 10 heteroatoms. The van der Waals surface area contributed by atoms with E-state index in [1.165, 1.54) is 19.2 Å². The van der Waals surface area contributed by atoms with Crippen LogP contribution in [0.2, 0.25) is 0 Å². The number of amides is 2. The Labute approximate surface area is 170 Å². The Kier molecular flexibility index (Phi) is 6.62. The number of rotatable bonds is 7. The van der Waals surface area contributed by atoms with E-state index in [2.05, 4.69) is 20.5 Å². The van der Waals surface area contributed by atoms with Crippen molar-refractivity contribution in [3.8, 4) is 5.75 Å². The first kappa shape index (κ1) is 21.2. The predicted molar refractivity (Wildman–Crippen MR) is 105 cm³/mol. The number of nitrogens with one attached hydrogen (secondary N) is 1. The van der Waals surface area contributed by atoms with Gasteiger partial charge in [0.1, 0.15) is 23.7 Å². The van der Waals surface area contributed by atoms with E-state index in [1.54, 1.807) is 36.4 Å². The van der Waals surface area contributed by atoms with E-state index in [1.807, 2.05) is 0 Å². The highest BCUT2D eigenvalue weighted by atomic mass is 16.5. The maximum Gasteiger partial charge on any atom is 0.277 e. The van der Waals surface area contributed by atoms with E-state index < -0.39 is 36.7 Å². The average molecular weight is 412 g/mol. The van der Waals surface area contributed by atoms with Gasteiger partial charge < -0.3 is 20.1 Å². The van der Waals surface area contributed by atoms with Crippen molar-refractivity contribution in [2.24, 2.45) is 15.1 Å². The third-order valence-corrected chi connectivity index (χ3v) is 4.39. The lowest BCUT2D eigenvalue weighted by atomic mass is 10.0. The van der Waals surface area contributed by atoms with Gasteiger partial charge in [0, 0.05) is 5.56 Å². The molecule has 0 aromatic heterocycles. The van der Waals surface area contributed by atoms with E-state index in [4.69, 9.17) is 4.74 Å². The fourth-order valence-electron chi connectivity index (χ4n) is 2.74. The van der Waals surface area contributed by atoms with Gasteiger partial charge in [-0.15, -0.1) is 0 Å². The topological polar surface area (TPSA) is 153 Å². The van der Waals surface area contributed by atoms with Gasteiger partial charge in [-0.3, -0.25) is 14.6 Å². The van der Waals surface area contributed by atoms with Gasteiger partial charge in [-0.05, 0) is 36.4 Å². The minimum atomic E-state index is -1.76. The molecule has 0 bridgehead atoms. The van der Waals surface area contributed by atoms with Crippen molar-refractivity contribution in [1.82, 2.24) is 5.43 Å². The van der Waals surface area contributed by atoms with Gasteiger partial charge in [0.15, 0.2) is 6.04 Å². The number of hydrogen-bond donors (Lipinski definition) is 4. The molecule has 10 nitrogen and oxygen atoms in total. The van der Waals surface area contributed by atoms with Gasteiger partial charge >= 0.3 is 0 Å². The molecule has 0 saturated carbocycles. The third-order valence-electron chi connectivity index (χ3n) is 4.39. The number of hydrazone groups is 1. The molecular formula is C20H20N4O6. The summed E-state index contributed by atoms with van der Waals surface area (Å²) in [5.74, 6) is -0.791. The van der Waals surface area contributed by atoms with Crippen LogP contribution in [0, 0.1) is 0 Å². The number of fused-ring (bicyclic) bond motifs is 1. The van der Waals surface area contributed by atoms with Crippen LogP contribution in [0.1, 0.15) is 10.4 Å². The molecule has 0 fully saturated rings. The number of para-hydroxylation sites is 2. The number of ether oxygens (including phenoxy) is 1. The molecule has 4 N–H and O–H groups in total. The zero-order valence-electron chi connectivity index (χ0n) is 16.0. The summed E-state index contributed by atoms with van der Waals surface area (Å²) in [5, 5.41) is 34.0. The normalized spacial score (nSPS) is 17.8. The monoisotopic (exact) mass is 412 g/mol. The minimum absolute atomic E-state index is 0.248. The SMILES string of the molecule is COc1ccc(C(=O)N/N=C(\C2N=c3ccccc3=NC2=O)C(O)C(O)CO)cc1. The molecule has 0 saturated heterocycles. The second kappa shape index (κ2) is 9.35. The van der Waals surface area contributed by atoms with Gasteiger partial charge in [0.25, 0.3) is 11.8 Å². The first-order valence-corrected chi connectivity index (χ1v) is 8.99. The maximum absolute atomic E-state index is 12.5. The third kappa shape index (κ3) is 4.57. The highest BCUT2D eigenvalue weighted by Crippen LogP contribution is 2.12. The molecular weight excluding hydrogens is 392 g/mol. The average Bonchev–Trinajstić information content (AvgIpc) is 2.78. The highest BCUT2D eigenvalue weighted by Gasteiger charge is 2.34. The molecule has 0 aliphatic carbocycles. The van der Waals surface area contributed by atoms with Crippen molar-refractivity contribution in [3.63, 3.8) is 0 Å². The summed E-state index contributed by atoms with van der Waals surface area (Å²) >= 11 is 0. The Bertz CT molecular complexity index is 1080. The zero-order chi connectivity index (χ0) is 21.7. The Balaban J connectivity index is 1.93. The Hall–Kier alpha value is -3.47. The molecule has 0 radical (unpaired) electrons. The van der Waals surface area contributed by atoms with Gasteiger partial charge in [0.2, 0.25) is 0 Å². The number of methoxy groups -OCH3 is 1. The molecule has 156 valence electrons. The molecule has 0 spiro atoms. The fraction of sp³-hybridized carbons (Fsp3) is 0.250. The summed E-state index contributed by atoms with van der Waals surface area (Å²) in [6.07, 6.45) is -3.40. The van der Waals surface area contributed by atoms with E-state index in [0.717, 1.165) is 0 Å². The van der Waals surface area contributed by atoms with Gasteiger partial charge in [0.05, 0.1) is 24.4 Å². The summed E-state index contributed by atoms with van der Waals surface area (Å²) in [5.41, 5.74) is 2.14. The molecule has 3 rings (SSSR count).